The third-order valence-electron chi connectivity index (χ3n) is 7.63. The van der Waals surface area contributed by atoms with Gasteiger partial charge in [0.05, 0.1) is 32.3 Å². The lowest BCUT2D eigenvalue weighted by molar-refractivity contribution is -0.135. The minimum Gasteiger partial charge on any atom is -0.394 e. The number of nitrogens with two attached hydrogens (primary N) is 2. The monoisotopic (exact) mass is 744 g/mol. The molecule has 21 heteroatoms. The first-order valence-corrected chi connectivity index (χ1v) is 16.8. The van der Waals surface area contributed by atoms with Gasteiger partial charge >= 0.3 is 0 Å². The SMILES string of the molecule is CC[C@H](C)[C@H](NC(=O)[C@H](CC(C)C)NC(=O)[C@H](C)NC(=O)CNC(=O)[C@H](C)NC(=O)CNC(=O)CNC(=O)[C@@H](N)[C@@H](C)O)C(=O)N[C@@H](CO)C(N)=O. The maximum atomic E-state index is 13.3. The molecular weight excluding hydrogens is 688 g/mol. The second-order valence-electron chi connectivity index (χ2n) is 12.8. The Balaban J connectivity index is 5.06. The smallest absolute Gasteiger partial charge is 0.243 e. The molecule has 21 nitrogen and oxygen atoms in total. The van der Waals surface area contributed by atoms with Gasteiger partial charge in [0.1, 0.15) is 36.3 Å². The van der Waals surface area contributed by atoms with Crippen molar-refractivity contribution >= 4 is 53.2 Å². The predicted octanol–water partition coefficient (Wildman–Crippen LogP) is -5.92. The molecule has 0 fully saturated rings. The summed E-state index contributed by atoms with van der Waals surface area (Å²) in [7, 11) is 0. The molecule has 0 aliphatic rings. The van der Waals surface area contributed by atoms with E-state index >= 15 is 0 Å². The molecule has 14 N–H and O–H groups in total. The number of carbonyl (C=O) groups is 9. The molecule has 296 valence electrons. The minimum absolute atomic E-state index is 0.0899. The average molecular weight is 745 g/mol. The molecule has 0 radical (unpaired) electrons. The number of carbonyl (C=O) groups excluding carboxylic acids is 9. The van der Waals surface area contributed by atoms with E-state index in [9.17, 15) is 53.4 Å². The number of aliphatic hydroxyl groups is 2. The van der Waals surface area contributed by atoms with E-state index in [0.717, 1.165) is 0 Å². The fraction of sp³-hybridized carbons (Fsp3) is 0.710. The van der Waals surface area contributed by atoms with E-state index in [-0.39, 0.29) is 12.3 Å². The van der Waals surface area contributed by atoms with Crippen molar-refractivity contribution in [1.29, 1.82) is 0 Å². The molecule has 52 heavy (non-hydrogen) atoms. The van der Waals surface area contributed by atoms with E-state index in [0.29, 0.717) is 6.42 Å². The highest BCUT2D eigenvalue weighted by molar-refractivity contribution is 5.96. The fourth-order valence-electron chi connectivity index (χ4n) is 4.21. The van der Waals surface area contributed by atoms with E-state index in [1.165, 1.54) is 20.8 Å². The van der Waals surface area contributed by atoms with Crippen molar-refractivity contribution < 1.29 is 53.4 Å². The van der Waals surface area contributed by atoms with Crippen molar-refractivity contribution in [3.05, 3.63) is 0 Å². The summed E-state index contributed by atoms with van der Waals surface area (Å²) in [5, 5.41) is 37.5. The summed E-state index contributed by atoms with van der Waals surface area (Å²) >= 11 is 0. The Hall–Kier alpha value is -4.89. The summed E-state index contributed by atoms with van der Waals surface area (Å²) in [6, 6.07) is -7.18. The number of hydrogen-bond acceptors (Lipinski definition) is 12. The molecule has 0 unspecified atom stereocenters. The van der Waals surface area contributed by atoms with Crippen molar-refractivity contribution in [3.63, 3.8) is 0 Å². The molecule has 0 spiro atoms. The highest BCUT2D eigenvalue weighted by Crippen LogP contribution is 2.11. The Kier molecular flexibility index (Phi) is 21.3. The van der Waals surface area contributed by atoms with Gasteiger partial charge in [-0.2, -0.15) is 0 Å². The molecule has 0 aliphatic heterocycles. The average Bonchev–Trinajstić information content (AvgIpc) is 3.07. The van der Waals surface area contributed by atoms with Crippen LogP contribution in [0.5, 0.6) is 0 Å². The van der Waals surface area contributed by atoms with Crippen LogP contribution in [0.1, 0.15) is 61.3 Å². The van der Waals surface area contributed by atoms with Gasteiger partial charge in [0, 0.05) is 0 Å². The van der Waals surface area contributed by atoms with Gasteiger partial charge in [-0.1, -0.05) is 34.1 Å². The van der Waals surface area contributed by atoms with Gasteiger partial charge in [-0.25, -0.2) is 0 Å². The van der Waals surface area contributed by atoms with E-state index < -0.39 is 128 Å². The van der Waals surface area contributed by atoms with Crippen LogP contribution in [0.3, 0.4) is 0 Å². The second-order valence-corrected chi connectivity index (χ2v) is 12.8. The van der Waals surface area contributed by atoms with Crippen molar-refractivity contribution in [3.8, 4) is 0 Å². The molecule has 0 aromatic heterocycles. The molecule has 8 atom stereocenters. The largest absolute Gasteiger partial charge is 0.394 e. The van der Waals surface area contributed by atoms with Crippen molar-refractivity contribution in [2.45, 2.75) is 104 Å². The predicted molar refractivity (Wildman–Crippen MR) is 185 cm³/mol. The number of hydrogen-bond donors (Lipinski definition) is 12. The minimum atomic E-state index is -1.37. The fourth-order valence-corrected chi connectivity index (χ4v) is 4.21. The lowest BCUT2D eigenvalue weighted by atomic mass is 9.96. The number of aliphatic hydroxyl groups excluding tert-OH is 2. The zero-order chi connectivity index (χ0) is 40.3. The number of rotatable bonds is 23. The Morgan fingerprint density at radius 3 is 1.56 bits per heavy atom. The first-order valence-electron chi connectivity index (χ1n) is 16.8. The van der Waals surface area contributed by atoms with Crippen LogP contribution < -0.4 is 54.0 Å². The normalized spacial score (nSPS) is 15.5. The van der Waals surface area contributed by atoms with Gasteiger partial charge in [-0.15, -0.1) is 0 Å². The van der Waals surface area contributed by atoms with E-state index in [1.807, 2.05) is 0 Å². The van der Waals surface area contributed by atoms with Crippen LogP contribution in [0.15, 0.2) is 0 Å². The van der Waals surface area contributed by atoms with Gasteiger partial charge in [0.2, 0.25) is 53.2 Å². The van der Waals surface area contributed by atoms with Crippen molar-refractivity contribution in [2.75, 3.05) is 26.2 Å². The molecule has 9 amide bonds. The third-order valence-corrected chi connectivity index (χ3v) is 7.63. The quantitative estimate of drug-likeness (QED) is 0.0465. The van der Waals surface area contributed by atoms with Crippen LogP contribution in [0.25, 0.3) is 0 Å². The number of amides is 9. The maximum absolute atomic E-state index is 13.3. The molecule has 0 aromatic rings. The Morgan fingerprint density at radius 2 is 1.08 bits per heavy atom. The zero-order valence-electron chi connectivity index (χ0n) is 30.7. The van der Waals surface area contributed by atoms with E-state index in [4.69, 9.17) is 11.5 Å². The van der Waals surface area contributed by atoms with Crippen molar-refractivity contribution in [1.82, 2.24) is 42.5 Å². The molecule has 0 saturated heterocycles. The van der Waals surface area contributed by atoms with Crippen LogP contribution in [0.4, 0.5) is 0 Å². The van der Waals surface area contributed by atoms with E-state index in [2.05, 4.69) is 42.5 Å². The van der Waals surface area contributed by atoms with Crippen LogP contribution in [-0.4, -0.2) is 132 Å². The van der Waals surface area contributed by atoms with Crippen LogP contribution in [0, 0.1) is 11.8 Å². The lowest BCUT2D eigenvalue weighted by Gasteiger charge is -2.28. The molecule has 0 aromatic carbocycles. The van der Waals surface area contributed by atoms with Gasteiger partial charge in [0.15, 0.2) is 0 Å². The summed E-state index contributed by atoms with van der Waals surface area (Å²) in [6.45, 7) is 8.66. The van der Waals surface area contributed by atoms with Crippen LogP contribution >= 0.6 is 0 Å². The Bertz CT molecular complexity index is 1280. The number of nitrogens with one attached hydrogen (secondary N) is 8. The van der Waals surface area contributed by atoms with Crippen molar-refractivity contribution in [2.24, 2.45) is 23.3 Å². The molecule has 0 heterocycles. The van der Waals surface area contributed by atoms with Gasteiger partial charge < -0.3 is 64.2 Å². The molecular formula is C31H56N10O11. The topological polar surface area (TPSA) is 342 Å². The summed E-state index contributed by atoms with van der Waals surface area (Å²) in [4.78, 5) is 111. The summed E-state index contributed by atoms with van der Waals surface area (Å²) in [5.74, 6) is -7.46. The third kappa shape index (κ3) is 17.9. The Morgan fingerprint density at radius 1 is 0.596 bits per heavy atom. The zero-order valence-corrected chi connectivity index (χ0v) is 30.7. The first-order chi connectivity index (χ1) is 24.1. The summed E-state index contributed by atoms with van der Waals surface area (Å²) in [5.41, 5.74) is 10.6. The van der Waals surface area contributed by atoms with Crippen LogP contribution in [0.2, 0.25) is 0 Å². The molecule has 0 saturated carbocycles. The van der Waals surface area contributed by atoms with Gasteiger partial charge in [-0.3, -0.25) is 43.2 Å². The highest BCUT2D eigenvalue weighted by atomic mass is 16.3. The summed E-state index contributed by atoms with van der Waals surface area (Å²) in [6.07, 6.45) is -0.527. The standard InChI is InChI=1S/C31H56N10O11/c1-8-15(4)25(31(52)40-20(13-42)26(33)47)41-29(50)19(9-14(2)3)39-28(49)17(6)38-23(46)12-35-27(48)16(5)37-22(45)11-34-21(44)10-36-30(51)24(32)18(7)43/h14-20,24-25,42-43H,8-13,32H2,1-7H3,(H2,33,47)(H,34,44)(H,35,48)(H,36,51)(H,37,45)(H,38,46)(H,39,49)(H,40,52)(H,41,50)/t15-,16-,17-,18+,19-,20-,24-,25-/m0/s1. The highest BCUT2D eigenvalue weighted by Gasteiger charge is 2.33. The maximum Gasteiger partial charge on any atom is 0.243 e. The lowest BCUT2D eigenvalue weighted by Crippen LogP contribution is -2.60. The van der Waals surface area contributed by atoms with Gasteiger partial charge in [0.25, 0.3) is 0 Å². The number of primary amides is 1. The second kappa shape index (κ2) is 23.6. The molecule has 0 aliphatic carbocycles. The van der Waals surface area contributed by atoms with E-state index in [1.54, 1.807) is 27.7 Å². The first kappa shape index (κ1) is 47.1. The molecule has 0 rings (SSSR count). The molecule has 0 bridgehead atoms. The summed E-state index contributed by atoms with van der Waals surface area (Å²) < 4.78 is 0. The Labute approximate surface area is 302 Å². The van der Waals surface area contributed by atoms with Gasteiger partial charge in [-0.05, 0) is 39.0 Å². The van der Waals surface area contributed by atoms with Crippen LogP contribution in [-0.2, 0) is 43.2 Å².